The van der Waals surface area contributed by atoms with Crippen LogP contribution in [0, 0.1) is 6.92 Å². The molecule has 0 unspecified atom stereocenters. The van der Waals surface area contributed by atoms with Crippen molar-refractivity contribution in [3.8, 4) is 0 Å². The van der Waals surface area contributed by atoms with Crippen molar-refractivity contribution in [1.29, 1.82) is 0 Å². The average molecular weight is 377 g/mol. The number of halogens is 3. The third kappa shape index (κ3) is 5.02. The number of benzene rings is 1. The molecule has 1 amide bonds. The summed E-state index contributed by atoms with van der Waals surface area (Å²) in [4.78, 5) is 20.3. The molecule has 1 heterocycles. The largest absolute Gasteiger partial charge is 0.336 e. The van der Waals surface area contributed by atoms with Crippen LogP contribution in [0.1, 0.15) is 16.1 Å². The number of aryl methyl sites for hydroxylation is 1. The van der Waals surface area contributed by atoms with Gasteiger partial charge in [0.15, 0.2) is 0 Å². The molecule has 0 bridgehead atoms. The molecule has 1 N–H and O–H groups in total. The summed E-state index contributed by atoms with van der Waals surface area (Å²) in [5.41, 5.74) is 1.27. The highest BCUT2D eigenvalue weighted by Gasteiger charge is 2.35. The van der Waals surface area contributed by atoms with Crippen LogP contribution in [0.25, 0.3) is 0 Å². The summed E-state index contributed by atoms with van der Waals surface area (Å²) in [7, 11) is 0. The van der Waals surface area contributed by atoms with Crippen molar-refractivity contribution in [2.45, 2.75) is 21.1 Å². The van der Waals surface area contributed by atoms with Crippen LogP contribution >= 0.6 is 46.6 Å². The molecular formula is C14H12Cl3N3OS. The van der Waals surface area contributed by atoms with E-state index in [-0.39, 0.29) is 5.91 Å². The molecule has 4 nitrogen and oxygen atoms in total. The molecule has 22 heavy (non-hydrogen) atoms. The second-order valence-electron chi connectivity index (χ2n) is 4.38. The molecule has 1 atom stereocenters. The minimum Gasteiger partial charge on any atom is -0.336 e. The second-order valence-corrected chi connectivity index (χ2v) is 7.87. The van der Waals surface area contributed by atoms with Crippen molar-refractivity contribution >= 4 is 52.5 Å². The number of amides is 1. The van der Waals surface area contributed by atoms with Gasteiger partial charge in [0.2, 0.25) is 3.79 Å². The number of carbonyl (C=O) groups is 1. The Labute approximate surface area is 147 Å². The maximum Gasteiger partial charge on any atom is 0.252 e. The quantitative estimate of drug-likeness (QED) is 0.379. The molecule has 8 heteroatoms. The summed E-state index contributed by atoms with van der Waals surface area (Å²) in [5.74, 6) is -0.324. The highest BCUT2D eigenvalue weighted by molar-refractivity contribution is 8.00. The van der Waals surface area contributed by atoms with E-state index in [1.165, 1.54) is 6.33 Å². The van der Waals surface area contributed by atoms with Gasteiger partial charge in [0.1, 0.15) is 16.7 Å². The molecule has 2 aromatic rings. The van der Waals surface area contributed by atoms with Crippen LogP contribution in [0.3, 0.4) is 0 Å². The van der Waals surface area contributed by atoms with E-state index in [9.17, 15) is 4.79 Å². The van der Waals surface area contributed by atoms with Gasteiger partial charge in [0.25, 0.3) is 5.91 Å². The first kappa shape index (κ1) is 17.3. The van der Waals surface area contributed by atoms with E-state index < -0.39 is 9.17 Å². The fourth-order valence-electron chi connectivity index (χ4n) is 1.59. The summed E-state index contributed by atoms with van der Waals surface area (Å²) in [5, 5.41) is 2.53. The molecule has 0 saturated heterocycles. The van der Waals surface area contributed by atoms with Crippen LogP contribution in [0.5, 0.6) is 0 Å². The van der Waals surface area contributed by atoms with Crippen molar-refractivity contribution in [2.24, 2.45) is 0 Å². The van der Waals surface area contributed by atoms with Crippen molar-refractivity contribution < 1.29 is 4.79 Å². The summed E-state index contributed by atoms with van der Waals surface area (Å²) in [6, 6.07) is 10.5. The first-order chi connectivity index (χ1) is 10.4. The van der Waals surface area contributed by atoms with Gasteiger partial charge >= 0.3 is 0 Å². The lowest BCUT2D eigenvalue weighted by Crippen LogP contribution is -2.41. The van der Waals surface area contributed by atoms with Crippen LogP contribution in [-0.4, -0.2) is 25.0 Å². The molecule has 0 fully saturated rings. The minimum atomic E-state index is -1.69. The number of alkyl halides is 3. The van der Waals surface area contributed by atoms with Crippen LogP contribution in [0.4, 0.5) is 0 Å². The summed E-state index contributed by atoms with van der Waals surface area (Å²) >= 11 is 19.1. The molecule has 2 rings (SSSR count). The first-order valence-electron chi connectivity index (χ1n) is 6.24. The van der Waals surface area contributed by atoms with Gasteiger partial charge in [-0.15, -0.1) is 0 Å². The van der Waals surface area contributed by atoms with Gasteiger partial charge in [0.05, 0.1) is 0 Å². The average Bonchev–Trinajstić information content (AvgIpc) is 2.46. The molecule has 0 spiro atoms. The molecule has 1 aromatic carbocycles. The highest BCUT2D eigenvalue weighted by atomic mass is 35.6. The zero-order valence-electron chi connectivity index (χ0n) is 11.5. The van der Waals surface area contributed by atoms with Gasteiger partial charge in [-0.1, -0.05) is 64.8 Å². The lowest BCUT2D eigenvalue weighted by atomic mass is 10.2. The van der Waals surface area contributed by atoms with Crippen LogP contribution in [0.2, 0.25) is 0 Å². The van der Waals surface area contributed by atoms with E-state index in [1.54, 1.807) is 30.3 Å². The molecule has 116 valence electrons. The number of nitrogens with one attached hydrogen (secondary N) is 1. The number of aromatic nitrogens is 2. The van der Waals surface area contributed by atoms with Crippen LogP contribution in [-0.2, 0) is 0 Å². The predicted octanol–water partition coefficient (Wildman–Crippen LogP) is 4.00. The van der Waals surface area contributed by atoms with Gasteiger partial charge in [-0.25, -0.2) is 9.97 Å². The fourth-order valence-corrected chi connectivity index (χ4v) is 3.04. The maximum atomic E-state index is 12.2. The van der Waals surface area contributed by atoms with E-state index in [1.807, 2.05) is 13.0 Å². The molecule has 0 saturated carbocycles. The number of thioether (sulfide) groups is 1. The Bertz CT molecular complexity index is 649. The zero-order chi connectivity index (χ0) is 16.2. The van der Waals surface area contributed by atoms with E-state index in [2.05, 4.69) is 15.3 Å². The smallest absolute Gasteiger partial charge is 0.252 e. The van der Waals surface area contributed by atoms with Crippen LogP contribution < -0.4 is 5.32 Å². The van der Waals surface area contributed by atoms with Crippen molar-refractivity contribution in [1.82, 2.24) is 15.3 Å². The Morgan fingerprint density at radius 2 is 1.91 bits per heavy atom. The fraction of sp³-hybridized carbons (Fsp3) is 0.214. The standard InChI is InChI=1S/C14H12Cl3N3OS/c1-9-7-11(19-8-18-9)22-13(14(15,16)17)20-12(21)10-5-3-2-4-6-10/h2-8,13H,1H3,(H,20,21)/t13-/m1/s1. The third-order valence-corrected chi connectivity index (χ3v) is 4.83. The van der Waals surface area contributed by atoms with E-state index in [4.69, 9.17) is 34.8 Å². The SMILES string of the molecule is Cc1cc(S[C@@H](NC(=O)c2ccccc2)C(Cl)(Cl)Cl)ncn1. The molecule has 0 aliphatic carbocycles. The van der Waals surface area contributed by atoms with Gasteiger partial charge < -0.3 is 5.32 Å². The zero-order valence-corrected chi connectivity index (χ0v) is 14.5. The van der Waals surface area contributed by atoms with E-state index in [0.29, 0.717) is 10.6 Å². The van der Waals surface area contributed by atoms with Crippen LogP contribution in [0.15, 0.2) is 47.8 Å². The molecule has 0 aliphatic rings. The molecular weight excluding hydrogens is 365 g/mol. The van der Waals surface area contributed by atoms with Gasteiger partial charge in [0, 0.05) is 11.3 Å². The topological polar surface area (TPSA) is 54.9 Å². The minimum absolute atomic E-state index is 0.324. The summed E-state index contributed by atoms with van der Waals surface area (Å²) in [6.45, 7) is 1.83. The van der Waals surface area contributed by atoms with Crippen molar-refractivity contribution in [2.75, 3.05) is 0 Å². The Morgan fingerprint density at radius 3 is 2.50 bits per heavy atom. The first-order valence-corrected chi connectivity index (χ1v) is 8.25. The van der Waals surface area contributed by atoms with Gasteiger partial charge in [-0.3, -0.25) is 4.79 Å². The second kappa shape index (κ2) is 7.51. The number of hydrogen-bond donors (Lipinski definition) is 1. The third-order valence-electron chi connectivity index (χ3n) is 2.61. The Hall–Kier alpha value is -1.01. The van der Waals surface area contributed by atoms with Crippen molar-refractivity contribution in [3.05, 3.63) is 54.0 Å². The van der Waals surface area contributed by atoms with E-state index in [0.717, 1.165) is 17.5 Å². The normalized spacial score (nSPS) is 12.7. The number of carbonyl (C=O) groups excluding carboxylic acids is 1. The molecule has 0 radical (unpaired) electrons. The van der Waals surface area contributed by atoms with E-state index >= 15 is 0 Å². The molecule has 0 aliphatic heterocycles. The Balaban J connectivity index is 2.15. The van der Waals surface area contributed by atoms with Crippen molar-refractivity contribution in [3.63, 3.8) is 0 Å². The Kier molecular flexibility index (Phi) is 5.92. The van der Waals surface area contributed by atoms with Gasteiger partial charge in [-0.05, 0) is 25.1 Å². The summed E-state index contributed by atoms with van der Waals surface area (Å²) in [6.07, 6.45) is 1.42. The number of hydrogen-bond acceptors (Lipinski definition) is 4. The number of rotatable bonds is 4. The lowest BCUT2D eigenvalue weighted by Gasteiger charge is -2.24. The van der Waals surface area contributed by atoms with Gasteiger partial charge in [-0.2, -0.15) is 0 Å². The number of nitrogens with zero attached hydrogens (tertiary/aromatic N) is 2. The highest BCUT2D eigenvalue weighted by Crippen LogP contribution is 2.38. The predicted molar refractivity (Wildman–Crippen MR) is 90.6 cm³/mol. The Morgan fingerprint density at radius 1 is 1.23 bits per heavy atom. The maximum absolute atomic E-state index is 12.2. The monoisotopic (exact) mass is 375 g/mol. The molecule has 1 aromatic heterocycles. The summed E-state index contributed by atoms with van der Waals surface area (Å²) < 4.78 is -1.69. The lowest BCUT2D eigenvalue weighted by molar-refractivity contribution is 0.0950.